The van der Waals surface area contributed by atoms with Gasteiger partial charge in [0.1, 0.15) is 0 Å². The molecule has 0 aromatic heterocycles. The number of ether oxygens (including phenoxy) is 1. The quantitative estimate of drug-likeness (QED) is 0.562. The normalized spacial score (nSPS) is 18.8. The molecule has 2 aromatic rings. The molecule has 2 aromatic carbocycles. The Balaban J connectivity index is 1.54. The fraction of sp³-hybridized carbons (Fsp3) is 0.435. The average molecular weight is 417 g/mol. The number of nitrogens with one attached hydrogen (secondary N) is 1. The van der Waals surface area contributed by atoms with Gasteiger partial charge in [-0.1, -0.05) is 24.3 Å². The molecule has 3 N–H and O–H groups in total. The molecule has 0 bridgehead atoms. The topological polar surface area (TPSA) is 59.6 Å². The molecule has 7 heteroatoms. The molecule has 4 nitrogen and oxygen atoms in total. The largest absolute Gasteiger partial charge is 0.416 e. The third kappa shape index (κ3) is 4.46. The summed E-state index contributed by atoms with van der Waals surface area (Å²) in [6, 6.07) is 11.8. The minimum atomic E-state index is -4.38. The van der Waals surface area contributed by atoms with Crippen LogP contribution < -0.4 is 11.1 Å². The van der Waals surface area contributed by atoms with Gasteiger partial charge in [0.25, 0.3) is 0 Å². The summed E-state index contributed by atoms with van der Waals surface area (Å²) in [4.78, 5) is 4.52. The van der Waals surface area contributed by atoms with Crippen molar-refractivity contribution in [3.63, 3.8) is 0 Å². The Bertz CT molecular complexity index is 934. The van der Waals surface area contributed by atoms with Crippen LogP contribution in [0, 0.1) is 0 Å². The van der Waals surface area contributed by atoms with Crippen molar-refractivity contribution >= 4 is 11.6 Å². The Hall–Kier alpha value is -2.54. The highest BCUT2D eigenvalue weighted by molar-refractivity contribution is 5.92. The van der Waals surface area contributed by atoms with Crippen LogP contribution in [0.5, 0.6) is 0 Å². The molecule has 1 heterocycles. The summed E-state index contributed by atoms with van der Waals surface area (Å²) >= 11 is 0. The van der Waals surface area contributed by atoms with Crippen LogP contribution in [0.15, 0.2) is 47.5 Å². The van der Waals surface area contributed by atoms with Crippen LogP contribution in [0.3, 0.4) is 0 Å². The lowest BCUT2D eigenvalue weighted by Crippen LogP contribution is -2.38. The predicted octanol–water partition coefficient (Wildman–Crippen LogP) is 4.67. The molecule has 2 aliphatic rings. The van der Waals surface area contributed by atoms with Crippen molar-refractivity contribution in [2.75, 3.05) is 25.1 Å². The zero-order chi connectivity index (χ0) is 21.2. The van der Waals surface area contributed by atoms with Gasteiger partial charge in [0.15, 0.2) is 5.96 Å². The summed E-state index contributed by atoms with van der Waals surface area (Å²) in [6.07, 6.45) is 0.179. The van der Waals surface area contributed by atoms with Gasteiger partial charge in [0.2, 0.25) is 0 Å². The molecule has 0 amide bonds. The monoisotopic (exact) mass is 417 g/mol. The number of nitrogens with two attached hydrogens (primary N) is 1. The third-order valence-electron chi connectivity index (χ3n) is 6.18. The number of aliphatic imine (C=N–C) groups is 1. The van der Waals surface area contributed by atoms with Crippen LogP contribution in [0.25, 0.3) is 0 Å². The van der Waals surface area contributed by atoms with Gasteiger partial charge in [-0.25, -0.2) is 0 Å². The lowest BCUT2D eigenvalue weighted by molar-refractivity contribution is -0.137. The number of hydrogen-bond donors (Lipinski definition) is 2. The lowest BCUT2D eigenvalue weighted by atomic mass is 9.74. The first-order valence-electron chi connectivity index (χ1n) is 10.3. The Morgan fingerprint density at radius 1 is 1.07 bits per heavy atom. The second-order valence-corrected chi connectivity index (χ2v) is 8.13. The summed E-state index contributed by atoms with van der Waals surface area (Å²) in [5.74, 6) is 0.269. The fourth-order valence-electron chi connectivity index (χ4n) is 4.40. The number of nitrogens with zero attached hydrogens (tertiary/aromatic N) is 1. The molecule has 0 unspecified atom stereocenters. The Labute approximate surface area is 174 Å². The van der Waals surface area contributed by atoms with Gasteiger partial charge in [-0.15, -0.1) is 0 Å². The number of hydrogen-bond acceptors (Lipinski definition) is 2. The van der Waals surface area contributed by atoms with E-state index in [0.717, 1.165) is 24.6 Å². The number of fused-ring (bicyclic) bond motifs is 1. The SMILES string of the molecule is NC(=NCC1(c2cccc(C(F)(F)F)c2)CCOCC1)Nc1ccc2c(c1)CCC2. The van der Waals surface area contributed by atoms with Crippen molar-refractivity contribution in [1.82, 2.24) is 0 Å². The highest BCUT2D eigenvalue weighted by Gasteiger charge is 2.37. The smallest absolute Gasteiger partial charge is 0.381 e. The van der Waals surface area contributed by atoms with Crippen LogP contribution in [-0.4, -0.2) is 25.7 Å². The van der Waals surface area contributed by atoms with Crippen LogP contribution >= 0.6 is 0 Å². The molecular formula is C23H26F3N3O. The highest BCUT2D eigenvalue weighted by Crippen LogP contribution is 2.38. The lowest BCUT2D eigenvalue weighted by Gasteiger charge is -2.37. The Morgan fingerprint density at radius 3 is 2.60 bits per heavy atom. The Morgan fingerprint density at radius 2 is 1.83 bits per heavy atom. The summed E-state index contributed by atoms with van der Waals surface area (Å²) in [5.41, 5.74) is 9.20. The van der Waals surface area contributed by atoms with Crippen molar-refractivity contribution in [2.45, 2.75) is 43.7 Å². The number of guanidine groups is 1. The molecule has 160 valence electrons. The summed E-state index contributed by atoms with van der Waals surface area (Å²) < 4.78 is 45.2. The molecule has 0 spiro atoms. The molecular weight excluding hydrogens is 391 g/mol. The van der Waals surface area contributed by atoms with E-state index in [-0.39, 0.29) is 5.96 Å². The third-order valence-corrected chi connectivity index (χ3v) is 6.18. The van der Waals surface area contributed by atoms with E-state index in [9.17, 15) is 13.2 Å². The molecule has 0 saturated carbocycles. The van der Waals surface area contributed by atoms with E-state index < -0.39 is 17.2 Å². The second-order valence-electron chi connectivity index (χ2n) is 8.13. The predicted molar refractivity (Wildman–Crippen MR) is 112 cm³/mol. The van der Waals surface area contributed by atoms with E-state index in [1.165, 1.54) is 29.7 Å². The number of halogens is 3. The maximum absolute atomic E-state index is 13.2. The van der Waals surface area contributed by atoms with Crippen LogP contribution in [-0.2, 0) is 29.2 Å². The first-order chi connectivity index (χ1) is 14.4. The van der Waals surface area contributed by atoms with Gasteiger partial charge >= 0.3 is 6.18 Å². The van der Waals surface area contributed by atoms with Crippen molar-refractivity contribution in [1.29, 1.82) is 0 Å². The molecule has 1 aliphatic heterocycles. The summed E-state index contributed by atoms with van der Waals surface area (Å²) in [5, 5.41) is 3.13. The molecule has 0 atom stereocenters. The van der Waals surface area contributed by atoms with Crippen molar-refractivity contribution in [2.24, 2.45) is 10.7 Å². The van der Waals surface area contributed by atoms with Gasteiger partial charge in [0, 0.05) is 24.3 Å². The molecule has 4 rings (SSSR count). The van der Waals surface area contributed by atoms with E-state index >= 15 is 0 Å². The van der Waals surface area contributed by atoms with E-state index in [2.05, 4.69) is 22.4 Å². The maximum atomic E-state index is 13.2. The maximum Gasteiger partial charge on any atom is 0.416 e. The van der Waals surface area contributed by atoms with Crippen molar-refractivity contribution < 1.29 is 17.9 Å². The number of alkyl halides is 3. The average Bonchev–Trinajstić information content (AvgIpc) is 3.20. The summed E-state index contributed by atoms with van der Waals surface area (Å²) in [7, 11) is 0. The highest BCUT2D eigenvalue weighted by atomic mass is 19.4. The molecule has 30 heavy (non-hydrogen) atoms. The zero-order valence-electron chi connectivity index (χ0n) is 16.8. The standard InChI is InChI=1S/C23H26F3N3O/c24-23(25,26)19-6-2-5-18(14-19)22(9-11-30-12-10-22)15-28-21(27)29-20-8-7-16-3-1-4-17(16)13-20/h2,5-8,13-14H,1,3-4,9-12,15H2,(H3,27,28,29). The first-order valence-corrected chi connectivity index (χ1v) is 10.3. The van der Waals surface area contributed by atoms with Crippen LogP contribution in [0.2, 0.25) is 0 Å². The van der Waals surface area contributed by atoms with E-state index in [4.69, 9.17) is 10.5 Å². The number of benzene rings is 2. The first kappa shape index (κ1) is 20.7. The number of aryl methyl sites for hydroxylation is 2. The van der Waals surface area contributed by atoms with Crippen LogP contribution in [0.1, 0.15) is 41.5 Å². The number of rotatable bonds is 4. The zero-order valence-corrected chi connectivity index (χ0v) is 16.8. The summed E-state index contributed by atoms with van der Waals surface area (Å²) in [6.45, 7) is 1.29. The van der Waals surface area contributed by atoms with Crippen molar-refractivity contribution in [3.05, 3.63) is 64.7 Å². The van der Waals surface area contributed by atoms with Gasteiger partial charge in [-0.05, 0) is 67.0 Å². The fourth-order valence-corrected chi connectivity index (χ4v) is 4.40. The molecule has 0 radical (unpaired) electrons. The minimum Gasteiger partial charge on any atom is -0.381 e. The number of anilines is 1. The Kier molecular flexibility index (Phi) is 5.73. The van der Waals surface area contributed by atoms with Crippen molar-refractivity contribution in [3.8, 4) is 0 Å². The second kappa shape index (κ2) is 8.30. The minimum absolute atomic E-state index is 0.269. The molecule has 1 aliphatic carbocycles. The van der Waals surface area contributed by atoms with Gasteiger partial charge < -0.3 is 15.8 Å². The molecule has 1 fully saturated rings. The van der Waals surface area contributed by atoms with Crippen LogP contribution in [0.4, 0.5) is 18.9 Å². The van der Waals surface area contributed by atoms with Gasteiger partial charge in [-0.3, -0.25) is 4.99 Å². The molecule has 1 saturated heterocycles. The van der Waals surface area contributed by atoms with E-state index in [1.54, 1.807) is 6.07 Å². The van der Waals surface area contributed by atoms with E-state index in [1.807, 2.05) is 6.07 Å². The van der Waals surface area contributed by atoms with Gasteiger partial charge in [-0.2, -0.15) is 13.2 Å². The van der Waals surface area contributed by atoms with Gasteiger partial charge in [0.05, 0.1) is 12.1 Å². The van der Waals surface area contributed by atoms with E-state index in [0.29, 0.717) is 38.2 Å².